The Balaban J connectivity index is 2.29. The second-order valence-corrected chi connectivity index (χ2v) is 2.90. The fraction of sp³-hybridized carbons (Fsp3) is 0.250. The molecule has 2 aromatic rings. The van der Waals surface area contributed by atoms with Crippen LogP contribution in [0.4, 0.5) is 0 Å². The molecule has 0 spiro atoms. The first-order valence-corrected chi connectivity index (χ1v) is 4.17. The van der Waals surface area contributed by atoms with Crippen LogP contribution in [0.1, 0.15) is 17.4 Å². The van der Waals surface area contributed by atoms with Crippen molar-refractivity contribution in [2.45, 2.75) is 6.04 Å². The Hall–Kier alpha value is -1.82. The summed E-state index contributed by atoms with van der Waals surface area (Å²) in [5.74, 6) is 0.513. The third-order valence-corrected chi connectivity index (χ3v) is 1.87. The quantitative estimate of drug-likeness (QED) is 0.700. The summed E-state index contributed by atoms with van der Waals surface area (Å²) in [5.41, 5.74) is 6.85. The van der Waals surface area contributed by atoms with E-state index in [9.17, 15) is 0 Å². The molecule has 2 rings (SSSR count). The first kappa shape index (κ1) is 8.76. The molecule has 2 aromatic heterocycles. The molecule has 14 heavy (non-hydrogen) atoms. The standard InChI is InChI=1S/C8H10N6/c1-14-12-8(11-13-14)7(9)6-2-4-10-5-3-6/h2-5,7H,9H2,1H3. The molecule has 1 unspecified atom stereocenters. The molecule has 2 N–H and O–H groups in total. The van der Waals surface area contributed by atoms with Crippen molar-refractivity contribution in [1.82, 2.24) is 25.2 Å². The van der Waals surface area contributed by atoms with Crippen LogP contribution in [-0.2, 0) is 7.05 Å². The van der Waals surface area contributed by atoms with Gasteiger partial charge in [-0.1, -0.05) is 0 Å². The Kier molecular flexibility index (Phi) is 2.19. The van der Waals surface area contributed by atoms with Gasteiger partial charge < -0.3 is 5.73 Å². The van der Waals surface area contributed by atoms with Gasteiger partial charge in [-0.15, -0.1) is 10.2 Å². The predicted octanol–water partition coefficient (Wildman–Crippen LogP) is -0.347. The SMILES string of the molecule is Cn1nnc(C(N)c2ccncc2)n1. The van der Waals surface area contributed by atoms with Gasteiger partial charge in [0.05, 0.1) is 13.1 Å². The van der Waals surface area contributed by atoms with Crippen molar-refractivity contribution in [3.63, 3.8) is 0 Å². The smallest absolute Gasteiger partial charge is 0.195 e. The number of rotatable bonds is 2. The molecule has 0 aliphatic carbocycles. The van der Waals surface area contributed by atoms with Gasteiger partial charge in [-0.25, -0.2) is 0 Å². The largest absolute Gasteiger partial charge is 0.318 e. The molecule has 72 valence electrons. The average Bonchev–Trinajstić information content (AvgIpc) is 2.65. The number of hydrogen-bond acceptors (Lipinski definition) is 5. The highest BCUT2D eigenvalue weighted by Gasteiger charge is 2.13. The number of tetrazole rings is 1. The van der Waals surface area contributed by atoms with E-state index >= 15 is 0 Å². The Labute approximate surface area is 80.8 Å². The van der Waals surface area contributed by atoms with Gasteiger partial charge in [-0.2, -0.15) is 4.80 Å². The van der Waals surface area contributed by atoms with Crippen LogP contribution in [0.5, 0.6) is 0 Å². The normalized spacial score (nSPS) is 12.7. The number of hydrogen-bond donors (Lipinski definition) is 1. The van der Waals surface area contributed by atoms with Gasteiger partial charge in [0, 0.05) is 12.4 Å². The van der Waals surface area contributed by atoms with Crippen molar-refractivity contribution in [3.05, 3.63) is 35.9 Å². The van der Waals surface area contributed by atoms with E-state index in [0.717, 1.165) is 5.56 Å². The summed E-state index contributed by atoms with van der Waals surface area (Å²) >= 11 is 0. The summed E-state index contributed by atoms with van der Waals surface area (Å²) in [5, 5.41) is 11.6. The zero-order valence-electron chi connectivity index (χ0n) is 7.70. The maximum atomic E-state index is 5.92. The lowest BCUT2D eigenvalue weighted by molar-refractivity contribution is 0.625. The Morgan fingerprint density at radius 1 is 1.36 bits per heavy atom. The van der Waals surface area contributed by atoms with Gasteiger partial charge in [-0.3, -0.25) is 4.98 Å². The lowest BCUT2D eigenvalue weighted by Gasteiger charge is -2.05. The third kappa shape index (κ3) is 1.60. The van der Waals surface area contributed by atoms with E-state index in [0.29, 0.717) is 5.82 Å². The Morgan fingerprint density at radius 3 is 2.64 bits per heavy atom. The Bertz CT molecular complexity index is 409. The van der Waals surface area contributed by atoms with Crippen LogP contribution in [0.2, 0.25) is 0 Å². The minimum Gasteiger partial charge on any atom is -0.318 e. The fourth-order valence-corrected chi connectivity index (χ4v) is 1.14. The molecule has 6 heteroatoms. The lowest BCUT2D eigenvalue weighted by atomic mass is 10.1. The van der Waals surface area contributed by atoms with E-state index < -0.39 is 0 Å². The van der Waals surface area contributed by atoms with Crippen molar-refractivity contribution in [2.24, 2.45) is 12.8 Å². The Morgan fingerprint density at radius 2 is 2.07 bits per heavy atom. The maximum Gasteiger partial charge on any atom is 0.195 e. The van der Waals surface area contributed by atoms with Gasteiger partial charge >= 0.3 is 0 Å². The van der Waals surface area contributed by atoms with E-state index in [1.807, 2.05) is 12.1 Å². The molecule has 0 fully saturated rings. The van der Waals surface area contributed by atoms with E-state index in [4.69, 9.17) is 5.73 Å². The molecule has 0 saturated heterocycles. The van der Waals surface area contributed by atoms with Gasteiger partial charge in [0.15, 0.2) is 5.82 Å². The van der Waals surface area contributed by atoms with Crippen molar-refractivity contribution < 1.29 is 0 Å². The van der Waals surface area contributed by atoms with E-state index in [1.165, 1.54) is 4.80 Å². The van der Waals surface area contributed by atoms with Crippen LogP contribution in [0, 0.1) is 0 Å². The zero-order valence-corrected chi connectivity index (χ0v) is 7.70. The number of aryl methyl sites for hydroxylation is 1. The summed E-state index contributed by atoms with van der Waals surface area (Å²) in [4.78, 5) is 5.29. The topological polar surface area (TPSA) is 82.5 Å². The van der Waals surface area contributed by atoms with Crippen molar-refractivity contribution in [3.8, 4) is 0 Å². The maximum absolute atomic E-state index is 5.92. The zero-order chi connectivity index (χ0) is 9.97. The second-order valence-electron chi connectivity index (χ2n) is 2.90. The van der Waals surface area contributed by atoms with Gasteiger partial charge in [-0.05, 0) is 22.9 Å². The predicted molar refractivity (Wildman–Crippen MR) is 49.1 cm³/mol. The number of aromatic nitrogens is 5. The summed E-state index contributed by atoms with van der Waals surface area (Å²) in [6.07, 6.45) is 3.37. The monoisotopic (exact) mass is 190 g/mol. The summed E-state index contributed by atoms with van der Waals surface area (Å²) < 4.78 is 0. The number of nitrogens with two attached hydrogens (primary N) is 1. The lowest BCUT2D eigenvalue weighted by Crippen LogP contribution is -2.14. The first-order valence-electron chi connectivity index (χ1n) is 4.17. The van der Waals surface area contributed by atoms with Gasteiger partial charge in [0.25, 0.3) is 0 Å². The molecule has 0 radical (unpaired) electrons. The van der Waals surface area contributed by atoms with Crippen molar-refractivity contribution in [2.75, 3.05) is 0 Å². The minimum absolute atomic E-state index is 0.341. The molecule has 0 aromatic carbocycles. The highest BCUT2D eigenvalue weighted by atomic mass is 15.6. The van der Waals surface area contributed by atoms with Gasteiger partial charge in [0.1, 0.15) is 0 Å². The third-order valence-electron chi connectivity index (χ3n) is 1.87. The summed E-state index contributed by atoms with van der Waals surface area (Å²) in [7, 11) is 1.70. The molecular formula is C8H10N6. The van der Waals surface area contributed by atoms with Crippen LogP contribution in [0.15, 0.2) is 24.5 Å². The van der Waals surface area contributed by atoms with Crippen LogP contribution in [0.3, 0.4) is 0 Å². The van der Waals surface area contributed by atoms with Crippen LogP contribution in [-0.4, -0.2) is 25.2 Å². The summed E-state index contributed by atoms with van der Waals surface area (Å²) in [6.45, 7) is 0. The molecule has 6 nitrogen and oxygen atoms in total. The van der Waals surface area contributed by atoms with Gasteiger partial charge in [0.2, 0.25) is 0 Å². The molecular weight excluding hydrogens is 180 g/mol. The fourth-order valence-electron chi connectivity index (χ4n) is 1.14. The minimum atomic E-state index is -0.341. The molecule has 0 bridgehead atoms. The van der Waals surface area contributed by atoms with Crippen molar-refractivity contribution >= 4 is 0 Å². The molecule has 0 saturated carbocycles. The number of pyridine rings is 1. The molecule has 2 heterocycles. The van der Waals surface area contributed by atoms with Crippen LogP contribution in [0.25, 0.3) is 0 Å². The molecule has 0 amide bonds. The van der Waals surface area contributed by atoms with Crippen LogP contribution >= 0.6 is 0 Å². The molecule has 1 atom stereocenters. The summed E-state index contributed by atoms with van der Waals surface area (Å²) in [6, 6.07) is 3.33. The molecule has 0 aliphatic heterocycles. The van der Waals surface area contributed by atoms with E-state index in [1.54, 1.807) is 19.4 Å². The highest BCUT2D eigenvalue weighted by molar-refractivity contribution is 5.20. The van der Waals surface area contributed by atoms with E-state index in [-0.39, 0.29) is 6.04 Å². The van der Waals surface area contributed by atoms with Crippen LogP contribution < -0.4 is 5.73 Å². The van der Waals surface area contributed by atoms with E-state index in [2.05, 4.69) is 20.4 Å². The van der Waals surface area contributed by atoms with Crippen molar-refractivity contribution in [1.29, 1.82) is 0 Å². The average molecular weight is 190 g/mol. The molecule has 0 aliphatic rings. The number of nitrogens with zero attached hydrogens (tertiary/aromatic N) is 5. The first-order chi connectivity index (χ1) is 6.77. The second kappa shape index (κ2) is 3.51. The highest BCUT2D eigenvalue weighted by Crippen LogP contribution is 2.13.